The van der Waals surface area contributed by atoms with Crippen LogP contribution in [0, 0.1) is 11.3 Å². The van der Waals surface area contributed by atoms with Crippen molar-refractivity contribution in [3.8, 4) is 29.1 Å². The normalized spacial score (nSPS) is 9.75. The van der Waals surface area contributed by atoms with Gasteiger partial charge in [-0.2, -0.15) is 5.26 Å². The van der Waals surface area contributed by atoms with Crippen LogP contribution in [0.15, 0.2) is 36.4 Å². The first kappa shape index (κ1) is 17.4. The minimum atomic E-state index is -0.675. The van der Waals surface area contributed by atoms with Gasteiger partial charge in [-0.25, -0.2) is 4.79 Å². The molecule has 0 saturated heterocycles. The van der Waals surface area contributed by atoms with Gasteiger partial charge in [0.1, 0.15) is 0 Å². The van der Waals surface area contributed by atoms with Crippen molar-refractivity contribution < 1.29 is 23.7 Å². The Balaban J connectivity index is 2.09. The van der Waals surface area contributed by atoms with Gasteiger partial charge in [-0.3, -0.25) is 0 Å². The molecule has 0 saturated carbocycles. The lowest BCUT2D eigenvalue weighted by Crippen LogP contribution is -2.18. The molecule has 0 heterocycles. The van der Waals surface area contributed by atoms with Crippen molar-refractivity contribution in [3.63, 3.8) is 0 Å². The predicted molar refractivity (Wildman–Crippen MR) is 86.8 cm³/mol. The average molecular weight is 348 g/mol. The smallest absolute Gasteiger partial charge is 0.349 e. The second kappa shape index (κ2) is 8.09. The first-order valence-electron chi connectivity index (χ1n) is 6.83. The number of hydrogen-bond donors (Lipinski definition) is 0. The zero-order valence-corrected chi connectivity index (χ0v) is 13.8. The Morgan fingerprint density at radius 1 is 1.12 bits per heavy atom. The van der Waals surface area contributed by atoms with Crippen LogP contribution in [0.3, 0.4) is 0 Å². The molecule has 0 fully saturated rings. The van der Waals surface area contributed by atoms with Crippen molar-refractivity contribution >= 4 is 17.6 Å². The molecule has 6 nitrogen and oxygen atoms in total. The molecule has 0 spiro atoms. The van der Waals surface area contributed by atoms with Crippen molar-refractivity contribution in [2.45, 2.75) is 0 Å². The number of nitriles is 1. The average Bonchev–Trinajstić information content (AvgIpc) is 2.61. The molecule has 2 aromatic carbocycles. The summed E-state index contributed by atoms with van der Waals surface area (Å²) in [5, 5.41) is 9.00. The molecule has 2 rings (SSSR count). The lowest BCUT2D eigenvalue weighted by atomic mass is 10.2. The summed E-state index contributed by atoms with van der Waals surface area (Å²) in [4.78, 5) is 12.0. The van der Waals surface area contributed by atoms with E-state index in [2.05, 4.69) is 0 Å². The fraction of sp³-hybridized carbons (Fsp3) is 0.176. The summed E-state index contributed by atoms with van der Waals surface area (Å²) < 4.78 is 20.8. The van der Waals surface area contributed by atoms with E-state index in [0.717, 1.165) is 0 Å². The van der Waals surface area contributed by atoms with Crippen LogP contribution in [0.2, 0.25) is 5.02 Å². The first-order valence-corrected chi connectivity index (χ1v) is 7.21. The van der Waals surface area contributed by atoms with Gasteiger partial charge in [0.05, 0.1) is 30.9 Å². The number of rotatable bonds is 6. The Morgan fingerprint density at radius 2 is 1.79 bits per heavy atom. The van der Waals surface area contributed by atoms with Crippen LogP contribution in [0.1, 0.15) is 5.56 Å². The standard InChI is InChI=1S/C17H14ClNO5/c1-21-13-5-3-4-6-14(13)23-10-16(20)24-17-12(18)7-11(9-19)8-15(17)22-2/h3-8H,10H2,1-2H3. The number of benzene rings is 2. The number of carbonyl (C=O) groups is 1. The van der Waals surface area contributed by atoms with Crippen LogP contribution < -0.4 is 18.9 Å². The second-order valence-corrected chi connectivity index (χ2v) is 4.92. The lowest BCUT2D eigenvalue weighted by molar-refractivity contribution is -0.136. The second-order valence-electron chi connectivity index (χ2n) is 4.51. The maximum absolute atomic E-state index is 12.0. The Kier molecular flexibility index (Phi) is 5.88. The van der Waals surface area contributed by atoms with E-state index >= 15 is 0 Å². The summed E-state index contributed by atoms with van der Waals surface area (Å²) in [7, 11) is 2.89. The van der Waals surface area contributed by atoms with Crippen LogP contribution >= 0.6 is 11.6 Å². The quantitative estimate of drug-likeness (QED) is 0.589. The summed E-state index contributed by atoms with van der Waals surface area (Å²) in [6, 6.07) is 11.7. The highest BCUT2D eigenvalue weighted by molar-refractivity contribution is 6.32. The zero-order chi connectivity index (χ0) is 17.5. The van der Waals surface area contributed by atoms with E-state index in [1.54, 1.807) is 24.3 Å². The van der Waals surface area contributed by atoms with Crippen LogP contribution in [-0.2, 0) is 4.79 Å². The molecule has 0 unspecified atom stereocenters. The van der Waals surface area contributed by atoms with Crippen molar-refractivity contribution in [2.75, 3.05) is 20.8 Å². The number of para-hydroxylation sites is 2. The van der Waals surface area contributed by atoms with Crippen LogP contribution in [-0.4, -0.2) is 26.8 Å². The topological polar surface area (TPSA) is 77.8 Å². The number of esters is 1. The fourth-order valence-electron chi connectivity index (χ4n) is 1.90. The van der Waals surface area contributed by atoms with E-state index in [9.17, 15) is 4.79 Å². The summed E-state index contributed by atoms with van der Waals surface area (Å²) in [5.41, 5.74) is 0.293. The molecule has 24 heavy (non-hydrogen) atoms. The SMILES string of the molecule is COc1ccccc1OCC(=O)Oc1c(Cl)cc(C#N)cc1OC. The number of methoxy groups -OCH3 is 2. The van der Waals surface area contributed by atoms with E-state index in [4.69, 9.17) is 35.8 Å². The third kappa shape index (κ3) is 4.09. The molecule has 0 aliphatic rings. The minimum Gasteiger partial charge on any atom is -0.493 e. The van der Waals surface area contributed by atoms with Gasteiger partial charge in [-0.1, -0.05) is 23.7 Å². The van der Waals surface area contributed by atoms with Gasteiger partial charge in [-0.05, 0) is 18.2 Å². The molecular formula is C17H14ClNO5. The molecule has 0 aliphatic carbocycles. The summed E-state index contributed by atoms with van der Waals surface area (Å²) in [5.74, 6) is 0.455. The fourth-order valence-corrected chi connectivity index (χ4v) is 2.15. The molecule has 124 valence electrons. The summed E-state index contributed by atoms with van der Waals surface area (Å²) in [6.45, 7) is -0.347. The van der Waals surface area contributed by atoms with E-state index in [1.165, 1.54) is 26.4 Å². The maximum Gasteiger partial charge on any atom is 0.349 e. The predicted octanol–water partition coefficient (Wildman–Crippen LogP) is 3.21. The summed E-state index contributed by atoms with van der Waals surface area (Å²) >= 11 is 6.03. The van der Waals surface area contributed by atoms with Crippen LogP contribution in [0.25, 0.3) is 0 Å². The molecule has 0 N–H and O–H groups in total. The summed E-state index contributed by atoms with van der Waals surface area (Å²) in [6.07, 6.45) is 0. The Morgan fingerprint density at radius 3 is 2.42 bits per heavy atom. The monoisotopic (exact) mass is 347 g/mol. The third-order valence-corrected chi connectivity index (χ3v) is 3.27. The molecular weight excluding hydrogens is 334 g/mol. The Labute approximate surface area is 144 Å². The van der Waals surface area contributed by atoms with E-state index in [1.807, 2.05) is 6.07 Å². The maximum atomic E-state index is 12.0. The molecule has 0 aliphatic heterocycles. The number of hydrogen-bond acceptors (Lipinski definition) is 6. The highest BCUT2D eigenvalue weighted by Gasteiger charge is 2.17. The highest BCUT2D eigenvalue weighted by atomic mass is 35.5. The van der Waals surface area contributed by atoms with Gasteiger partial charge in [-0.15, -0.1) is 0 Å². The van der Waals surface area contributed by atoms with Crippen LogP contribution in [0.4, 0.5) is 0 Å². The lowest BCUT2D eigenvalue weighted by Gasteiger charge is -2.12. The number of halogens is 1. The van der Waals surface area contributed by atoms with Gasteiger partial charge in [0.15, 0.2) is 29.6 Å². The molecule has 0 radical (unpaired) electrons. The van der Waals surface area contributed by atoms with Gasteiger partial charge in [0.25, 0.3) is 0 Å². The highest BCUT2D eigenvalue weighted by Crippen LogP contribution is 2.36. The molecule has 7 heteroatoms. The van der Waals surface area contributed by atoms with E-state index < -0.39 is 5.97 Å². The first-order chi connectivity index (χ1) is 11.6. The molecule has 0 atom stereocenters. The number of carbonyl (C=O) groups excluding carboxylic acids is 1. The van der Waals surface area contributed by atoms with Crippen molar-refractivity contribution in [2.24, 2.45) is 0 Å². The van der Waals surface area contributed by atoms with Gasteiger partial charge >= 0.3 is 5.97 Å². The zero-order valence-electron chi connectivity index (χ0n) is 13.0. The van der Waals surface area contributed by atoms with Crippen LogP contribution in [0.5, 0.6) is 23.0 Å². The number of nitrogens with zero attached hydrogens (tertiary/aromatic N) is 1. The van der Waals surface area contributed by atoms with Gasteiger partial charge in [0.2, 0.25) is 0 Å². The molecule has 0 bridgehead atoms. The van der Waals surface area contributed by atoms with Gasteiger partial charge < -0.3 is 18.9 Å². The Hall–Kier alpha value is -2.91. The van der Waals surface area contributed by atoms with Gasteiger partial charge in [0, 0.05) is 6.07 Å². The number of ether oxygens (including phenoxy) is 4. The minimum absolute atomic E-state index is 0.0341. The van der Waals surface area contributed by atoms with Crippen molar-refractivity contribution in [3.05, 3.63) is 47.0 Å². The molecule has 2 aromatic rings. The largest absolute Gasteiger partial charge is 0.493 e. The van der Waals surface area contributed by atoms with Crippen molar-refractivity contribution in [1.82, 2.24) is 0 Å². The van der Waals surface area contributed by atoms with E-state index in [0.29, 0.717) is 17.1 Å². The molecule has 0 amide bonds. The molecule has 0 aromatic heterocycles. The Bertz CT molecular complexity index is 785. The van der Waals surface area contributed by atoms with Crippen molar-refractivity contribution in [1.29, 1.82) is 5.26 Å². The van der Waals surface area contributed by atoms with E-state index in [-0.39, 0.29) is 23.1 Å². The third-order valence-electron chi connectivity index (χ3n) is 2.99.